The standard InChI is InChI=1S/C8H11NOS2/c1-7(2)11-12-8-5-3-4-6-9(8)10/h3-7H,1-2H3. The molecule has 0 bridgehead atoms. The number of pyridine rings is 1. The van der Waals surface area contributed by atoms with Crippen LogP contribution in [0.4, 0.5) is 0 Å². The summed E-state index contributed by atoms with van der Waals surface area (Å²) in [5.41, 5.74) is 0. The average molecular weight is 201 g/mol. The van der Waals surface area contributed by atoms with Gasteiger partial charge < -0.3 is 5.21 Å². The van der Waals surface area contributed by atoms with E-state index >= 15 is 0 Å². The Hall–Kier alpha value is -0.350. The molecule has 4 heteroatoms. The van der Waals surface area contributed by atoms with Gasteiger partial charge in [-0.25, -0.2) is 0 Å². The van der Waals surface area contributed by atoms with Gasteiger partial charge in [-0.05, 0) is 6.07 Å². The van der Waals surface area contributed by atoms with Gasteiger partial charge in [-0.2, -0.15) is 4.73 Å². The lowest BCUT2D eigenvalue weighted by Crippen LogP contribution is -2.27. The molecule has 1 heterocycles. The molecule has 0 saturated carbocycles. The molecule has 0 aliphatic heterocycles. The molecule has 0 fully saturated rings. The average Bonchev–Trinajstić information content (AvgIpc) is 2.03. The van der Waals surface area contributed by atoms with E-state index < -0.39 is 0 Å². The van der Waals surface area contributed by atoms with Gasteiger partial charge in [0.2, 0.25) is 0 Å². The van der Waals surface area contributed by atoms with E-state index in [9.17, 15) is 5.21 Å². The second-order valence-corrected chi connectivity index (χ2v) is 5.39. The molecule has 0 aliphatic carbocycles. The van der Waals surface area contributed by atoms with Crippen molar-refractivity contribution < 1.29 is 4.73 Å². The summed E-state index contributed by atoms with van der Waals surface area (Å²) in [4.78, 5) is 0. The van der Waals surface area contributed by atoms with Crippen LogP contribution in [0, 0.1) is 5.21 Å². The van der Waals surface area contributed by atoms with Crippen LogP contribution in [0.2, 0.25) is 0 Å². The van der Waals surface area contributed by atoms with E-state index in [0.29, 0.717) is 5.25 Å². The maximum Gasteiger partial charge on any atom is 0.261 e. The van der Waals surface area contributed by atoms with Crippen LogP contribution in [0.15, 0.2) is 29.4 Å². The Kier molecular flexibility index (Phi) is 3.75. The zero-order valence-electron chi connectivity index (χ0n) is 7.06. The SMILES string of the molecule is CC(C)SSc1cccc[n+]1[O-]. The lowest BCUT2D eigenvalue weighted by atomic mass is 10.5. The monoisotopic (exact) mass is 201 g/mol. The summed E-state index contributed by atoms with van der Waals surface area (Å²) in [6.07, 6.45) is 1.52. The molecule has 1 aromatic heterocycles. The number of nitrogens with zero attached hydrogens (tertiary/aromatic N) is 1. The highest BCUT2D eigenvalue weighted by Crippen LogP contribution is 2.31. The first-order valence-electron chi connectivity index (χ1n) is 3.71. The van der Waals surface area contributed by atoms with E-state index in [-0.39, 0.29) is 0 Å². The zero-order valence-corrected chi connectivity index (χ0v) is 8.69. The fourth-order valence-corrected chi connectivity index (χ4v) is 2.44. The quantitative estimate of drug-likeness (QED) is 0.427. The minimum atomic E-state index is 0.537. The van der Waals surface area contributed by atoms with Gasteiger partial charge in [-0.3, -0.25) is 0 Å². The van der Waals surface area contributed by atoms with Gasteiger partial charge >= 0.3 is 0 Å². The summed E-state index contributed by atoms with van der Waals surface area (Å²) in [5.74, 6) is 0. The molecule has 0 N–H and O–H groups in total. The first kappa shape index (κ1) is 9.74. The van der Waals surface area contributed by atoms with Gasteiger partial charge in [-0.1, -0.05) is 24.6 Å². The van der Waals surface area contributed by atoms with Crippen molar-refractivity contribution in [2.45, 2.75) is 24.1 Å². The lowest BCUT2D eigenvalue weighted by molar-refractivity contribution is -0.645. The van der Waals surface area contributed by atoms with Crippen LogP contribution < -0.4 is 4.73 Å². The molecule has 0 atom stereocenters. The molecule has 0 saturated heterocycles. The summed E-state index contributed by atoms with van der Waals surface area (Å²) in [5, 5.41) is 12.4. The summed E-state index contributed by atoms with van der Waals surface area (Å²) >= 11 is 0. The first-order valence-corrected chi connectivity index (χ1v) is 5.93. The summed E-state index contributed by atoms with van der Waals surface area (Å²) in [6.45, 7) is 4.21. The highest BCUT2D eigenvalue weighted by molar-refractivity contribution is 8.76. The van der Waals surface area contributed by atoms with Gasteiger partial charge in [-0.15, -0.1) is 0 Å². The highest BCUT2D eigenvalue weighted by atomic mass is 33.1. The van der Waals surface area contributed by atoms with Crippen LogP contribution in [0.25, 0.3) is 0 Å². The van der Waals surface area contributed by atoms with Crippen LogP contribution in [0.1, 0.15) is 13.8 Å². The maximum atomic E-state index is 11.1. The number of hydrogen-bond acceptors (Lipinski definition) is 3. The first-order chi connectivity index (χ1) is 5.70. The third kappa shape index (κ3) is 2.95. The molecule has 1 aromatic rings. The smallest absolute Gasteiger partial charge is 0.261 e. The van der Waals surface area contributed by atoms with Crippen molar-refractivity contribution in [1.29, 1.82) is 0 Å². The third-order valence-corrected chi connectivity index (χ3v) is 4.04. The van der Waals surface area contributed by atoms with Gasteiger partial charge in [0.25, 0.3) is 5.03 Å². The Morgan fingerprint density at radius 1 is 1.42 bits per heavy atom. The summed E-state index contributed by atoms with van der Waals surface area (Å²) in [6, 6.07) is 5.43. The molecule has 0 unspecified atom stereocenters. The Labute approximate surface area is 80.4 Å². The number of hydrogen-bond donors (Lipinski definition) is 0. The Balaban J connectivity index is 2.57. The number of rotatable bonds is 3. The number of aromatic nitrogens is 1. The molecule has 0 aromatic carbocycles. The second kappa shape index (κ2) is 4.62. The third-order valence-electron chi connectivity index (χ3n) is 1.11. The molecule has 0 spiro atoms. The molecule has 2 nitrogen and oxygen atoms in total. The van der Waals surface area contributed by atoms with Crippen molar-refractivity contribution in [3.8, 4) is 0 Å². The van der Waals surface area contributed by atoms with Gasteiger partial charge in [0.05, 0.1) is 0 Å². The Morgan fingerprint density at radius 2 is 2.17 bits per heavy atom. The minimum Gasteiger partial charge on any atom is -0.618 e. The van der Waals surface area contributed by atoms with Crippen molar-refractivity contribution in [3.63, 3.8) is 0 Å². The van der Waals surface area contributed by atoms with Crippen molar-refractivity contribution in [2.75, 3.05) is 0 Å². The summed E-state index contributed by atoms with van der Waals surface area (Å²) in [7, 11) is 3.22. The fraction of sp³-hybridized carbons (Fsp3) is 0.375. The van der Waals surface area contributed by atoms with Crippen molar-refractivity contribution in [3.05, 3.63) is 29.6 Å². The molecule has 0 aliphatic rings. The fourth-order valence-electron chi connectivity index (χ4n) is 0.623. The van der Waals surface area contributed by atoms with Crippen LogP contribution in [0.3, 0.4) is 0 Å². The molecule has 0 amide bonds. The van der Waals surface area contributed by atoms with E-state index in [1.165, 1.54) is 17.0 Å². The van der Waals surface area contributed by atoms with Crippen molar-refractivity contribution >= 4 is 21.6 Å². The lowest BCUT2D eigenvalue weighted by Gasteiger charge is -2.03. The van der Waals surface area contributed by atoms with Crippen LogP contribution >= 0.6 is 21.6 Å². The summed E-state index contributed by atoms with van der Waals surface area (Å²) < 4.78 is 0.889. The maximum absolute atomic E-state index is 11.1. The van der Waals surface area contributed by atoms with E-state index in [0.717, 1.165) is 9.76 Å². The molecule has 0 radical (unpaired) electrons. The Bertz CT molecular complexity index is 253. The second-order valence-electron chi connectivity index (χ2n) is 2.59. The van der Waals surface area contributed by atoms with Crippen molar-refractivity contribution in [1.82, 2.24) is 0 Å². The van der Waals surface area contributed by atoms with Crippen LogP contribution in [0.5, 0.6) is 0 Å². The van der Waals surface area contributed by atoms with Gasteiger partial charge in [0.15, 0.2) is 6.20 Å². The van der Waals surface area contributed by atoms with Crippen LogP contribution in [-0.2, 0) is 0 Å². The molecular weight excluding hydrogens is 190 g/mol. The van der Waals surface area contributed by atoms with E-state index in [1.54, 1.807) is 16.9 Å². The molecule has 12 heavy (non-hydrogen) atoms. The minimum absolute atomic E-state index is 0.537. The molecular formula is C8H11NOS2. The van der Waals surface area contributed by atoms with Crippen LogP contribution in [-0.4, -0.2) is 5.25 Å². The van der Waals surface area contributed by atoms with E-state index in [2.05, 4.69) is 13.8 Å². The highest BCUT2D eigenvalue weighted by Gasteiger charge is 2.05. The predicted molar refractivity (Wildman–Crippen MR) is 54.0 cm³/mol. The van der Waals surface area contributed by atoms with E-state index in [1.807, 2.05) is 12.1 Å². The molecule has 66 valence electrons. The zero-order chi connectivity index (χ0) is 8.97. The van der Waals surface area contributed by atoms with Gasteiger partial charge in [0.1, 0.15) is 0 Å². The topological polar surface area (TPSA) is 26.9 Å². The predicted octanol–water partition coefficient (Wildman–Crippen LogP) is 2.47. The Morgan fingerprint density at radius 3 is 2.75 bits per heavy atom. The molecule has 1 rings (SSSR count). The normalized spacial score (nSPS) is 10.6. The largest absolute Gasteiger partial charge is 0.618 e. The van der Waals surface area contributed by atoms with Gasteiger partial charge in [0, 0.05) is 28.2 Å². The van der Waals surface area contributed by atoms with E-state index in [4.69, 9.17) is 0 Å². The van der Waals surface area contributed by atoms with Crippen molar-refractivity contribution in [2.24, 2.45) is 0 Å².